The average Bonchev–Trinajstić information content (AvgIpc) is 3.07. The van der Waals surface area contributed by atoms with Crippen molar-refractivity contribution < 1.29 is 22.7 Å². The van der Waals surface area contributed by atoms with E-state index < -0.39 is 22.2 Å². The van der Waals surface area contributed by atoms with Crippen LogP contribution in [0.25, 0.3) is 0 Å². The number of ether oxygens (including phenoxy) is 1. The van der Waals surface area contributed by atoms with Crippen LogP contribution in [-0.4, -0.2) is 44.9 Å². The molecule has 0 atom stereocenters. The molecule has 9 heteroatoms. The number of methoxy groups -OCH3 is 1. The quantitative estimate of drug-likeness (QED) is 0.764. The molecule has 0 spiro atoms. The predicted molar refractivity (Wildman–Crippen MR) is 82.9 cm³/mol. The highest BCUT2D eigenvalue weighted by Crippen LogP contribution is 2.11. The van der Waals surface area contributed by atoms with Gasteiger partial charge in [-0.15, -0.1) is 0 Å². The lowest BCUT2D eigenvalue weighted by atomic mass is 10.1. The Morgan fingerprint density at radius 3 is 2.35 bits per heavy atom. The second-order valence-corrected chi connectivity index (χ2v) is 6.76. The number of hydrogen-bond donors (Lipinski definition) is 2. The van der Waals surface area contributed by atoms with Gasteiger partial charge in [0.1, 0.15) is 0 Å². The Morgan fingerprint density at radius 2 is 1.78 bits per heavy atom. The fourth-order valence-corrected chi connectivity index (χ4v) is 3.38. The Labute approximate surface area is 135 Å². The van der Waals surface area contributed by atoms with Crippen LogP contribution in [0.3, 0.4) is 0 Å². The summed E-state index contributed by atoms with van der Waals surface area (Å²) in [6.07, 6.45) is 1.60. The SMILES string of the molecule is COC(=O)c1ccc(CNC(=O)NS(=O)(=O)N2CCCC2)cc1. The number of carbonyl (C=O) groups is 2. The van der Waals surface area contributed by atoms with E-state index in [-0.39, 0.29) is 6.54 Å². The Bertz CT molecular complexity index is 666. The molecule has 1 aromatic carbocycles. The largest absolute Gasteiger partial charge is 0.465 e. The van der Waals surface area contributed by atoms with Gasteiger partial charge in [0.05, 0.1) is 12.7 Å². The molecule has 23 heavy (non-hydrogen) atoms. The van der Waals surface area contributed by atoms with E-state index in [2.05, 4.69) is 10.1 Å². The molecule has 0 saturated carbocycles. The molecule has 1 heterocycles. The average molecular weight is 341 g/mol. The van der Waals surface area contributed by atoms with Crippen LogP contribution in [0.5, 0.6) is 0 Å². The third-order valence-corrected chi connectivity index (χ3v) is 4.94. The monoisotopic (exact) mass is 341 g/mol. The van der Waals surface area contributed by atoms with Crippen LogP contribution in [0.15, 0.2) is 24.3 Å². The number of benzene rings is 1. The highest BCUT2D eigenvalue weighted by molar-refractivity contribution is 7.87. The number of amides is 2. The van der Waals surface area contributed by atoms with Crippen molar-refractivity contribution in [3.63, 3.8) is 0 Å². The number of nitrogens with one attached hydrogen (secondary N) is 2. The summed E-state index contributed by atoms with van der Waals surface area (Å²) in [4.78, 5) is 23.0. The molecule has 1 saturated heterocycles. The third kappa shape index (κ3) is 4.67. The van der Waals surface area contributed by atoms with E-state index in [9.17, 15) is 18.0 Å². The Kier molecular flexibility index (Phi) is 5.56. The van der Waals surface area contributed by atoms with Crippen LogP contribution >= 0.6 is 0 Å². The predicted octanol–water partition coefficient (Wildman–Crippen LogP) is 0.613. The summed E-state index contributed by atoms with van der Waals surface area (Å²) in [5.41, 5.74) is 1.13. The molecule has 2 amide bonds. The molecule has 2 rings (SSSR count). The van der Waals surface area contributed by atoms with E-state index in [0.717, 1.165) is 18.4 Å². The van der Waals surface area contributed by atoms with Crippen molar-refractivity contribution in [2.75, 3.05) is 20.2 Å². The molecular formula is C14H19N3O5S. The van der Waals surface area contributed by atoms with E-state index in [1.807, 2.05) is 4.72 Å². The van der Waals surface area contributed by atoms with Crippen molar-refractivity contribution in [1.82, 2.24) is 14.3 Å². The molecule has 126 valence electrons. The summed E-state index contributed by atoms with van der Waals surface area (Å²) < 4.78 is 31.6. The van der Waals surface area contributed by atoms with Crippen molar-refractivity contribution in [3.8, 4) is 0 Å². The van der Waals surface area contributed by atoms with Gasteiger partial charge in [0.15, 0.2) is 0 Å². The lowest BCUT2D eigenvalue weighted by molar-refractivity contribution is 0.0600. The van der Waals surface area contributed by atoms with E-state index in [0.29, 0.717) is 18.7 Å². The minimum atomic E-state index is -3.77. The van der Waals surface area contributed by atoms with Crippen molar-refractivity contribution in [3.05, 3.63) is 35.4 Å². The number of esters is 1. The Balaban J connectivity index is 1.85. The van der Waals surface area contributed by atoms with Gasteiger partial charge in [-0.2, -0.15) is 12.7 Å². The van der Waals surface area contributed by atoms with Gasteiger partial charge in [0.2, 0.25) is 0 Å². The normalized spacial score (nSPS) is 15.2. The second kappa shape index (κ2) is 7.42. The van der Waals surface area contributed by atoms with Crippen LogP contribution < -0.4 is 10.0 Å². The van der Waals surface area contributed by atoms with Crippen molar-refractivity contribution in [2.45, 2.75) is 19.4 Å². The van der Waals surface area contributed by atoms with Gasteiger partial charge in [-0.3, -0.25) is 0 Å². The maximum Gasteiger partial charge on any atom is 0.337 e. The lowest BCUT2D eigenvalue weighted by Gasteiger charge is -2.16. The molecule has 1 aliphatic heterocycles. The zero-order valence-corrected chi connectivity index (χ0v) is 13.6. The fourth-order valence-electron chi connectivity index (χ4n) is 2.21. The number of rotatable bonds is 5. The van der Waals surface area contributed by atoms with Gasteiger partial charge >= 0.3 is 22.2 Å². The van der Waals surface area contributed by atoms with Crippen LogP contribution in [-0.2, 0) is 21.5 Å². The molecule has 0 bridgehead atoms. The number of urea groups is 1. The molecule has 1 fully saturated rings. The van der Waals surface area contributed by atoms with Crippen LogP contribution in [0.4, 0.5) is 4.79 Å². The summed E-state index contributed by atoms with van der Waals surface area (Å²) in [5.74, 6) is -0.445. The minimum absolute atomic E-state index is 0.142. The third-order valence-electron chi connectivity index (χ3n) is 3.45. The van der Waals surface area contributed by atoms with Crippen molar-refractivity contribution in [1.29, 1.82) is 0 Å². The van der Waals surface area contributed by atoms with Gasteiger partial charge in [0, 0.05) is 19.6 Å². The van der Waals surface area contributed by atoms with E-state index >= 15 is 0 Å². The minimum Gasteiger partial charge on any atom is -0.465 e. The molecule has 0 radical (unpaired) electrons. The van der Waals surface area contributed by atoms with E-state index in [1.54, 1.807) is 24.3 Å². The number of carbonyl (C=O) groups excluding carboxylic acids is 2. The first-order chi connectivity index (χ1) is 10.9. The van der Waals surface area contributed by atoms with Crippen LogP contribution in [0.2, 0.25) is 0 Å². The zero-order valence-electron chi connectivity index (χ0n) is 12.7. The summed E-state index contributed by atoms with van der Waals surface area (Å²) in [5, 5.41) is 2.47. The number of hydrogen-bond acceptors (Lipinski definition) is 5. The van der Waals surface area contributed by atoms with Gasteiger partial charge in [-0.05, 0) is 30.5 Å². The van der Waals surface area contributed by atoms with Crippen molar-refractivity contribution in [2.24, 2.45) is 0 Å². The van der Waals surface area contributed by atoms with Crippen LogP contribution in [0, 0.1) is 0 Å². The molecule has 1 aromatic rings. The van der Waals surface area contributed by atoms with E-state index in [4.69, 9.17) is 0 Å². The van der Waals surface area contributed by atoms with Gasteiger partial charge < -0.3 is 10.1 Å². The topological polar surface area (TPSA) is 105 Å². The molecule has 1 aliphatic rings. The molecule has 2 N–H and O–H groups in total. The smallest absolute Gasteiger partial charge is 0.337 e. The molecule has 0 unspecified atom stereocenters. The summed E-state index contributed by atoms with van der Waals surface area (Å²) in [6.45, 7) is 0.998. The Morgan fingerprint density at radius 1 is 1.17 bits per heavy atom. The van der Waals surface area contributed by atoms with Gasteiger partial charge in [-0.25, -0.2) is 14.3 Å². The molecule has 8 nitrogen and oxygen atoms in total. The Hall–Kier alpha value is -2.13. The maximum absolute atomic E-state index is 11.9. The molecule has 0 aromatic heterocycles. The lowest BCUT2D eigenvalue weighted by Crippen LogP contribution is -2.46. The number of nitrogens with zero attached hydrogens (tertiary/aromatic N) is 1. The first-order valence-electron chi connectivity index (χ1n) is 7.15. The van der Waals surface area contributed by atoms with Crippen molar-refractivity contribution >= 4 is 22.2 Å². The molecular weight excluding hydrogens is 322 g/mol. The first-order valence-corrected chi connectivity index (χ1v) is 8.59. The standard InChI is InChI=1S/C14H19N3O5S/c1-22-13(18)12-6-4-11(5-7-12)10-15-14(19)16-23(20,21)17-8-2-3-9-17/h4-7H,2-3,8-10H2,1H3,(H2,15,16,19). The van der Waals surface area contributed by atoms with Gasteiger partial charge in [-0.1, -0.05) is 12.1 Å². The first kappa shape index (κ1) is 17.2. The summed E-state index contributed by atoms with van der Waals surface area (Å²) >= 11 is 0. The fraction of sp³-hybridized carbons (Fsp3) is 0.429. The second-order valence-electron chi connectivity index (χ2n) is 5.08. The summed E-state index contributed by atoms with van der Waals surface area (Å²) in [6, 6.07) is 5.67. The van der Waals surface area contributed by atoms with Crippen LogP contribution in [0.1, 0.15) is 28.8 Å². The highest BCUT2D eigenvalue weighted by atomic mass is 32.2. The zero-order chi connectivity index (χ0) is 16.9. The maximum atomic E-state index is 11.9. The highest BCUT2D eigenvalue weighted by Gasteiger charge is 2.26. The molecule has 0 aliphatic carbocycles. The van der Waals surface area contributed by atoms with E-state index in [1.165, 1.54) is 11.4 Å². The van der Waals surface area contributed by atoms with Gasteiger partial charge in [0.25, 0.3) is 0 Å². The summed E-state index contributed by atoms with van der Waals surface area (Å²) in [7, 11) is -2.48.